The molecule has 0 atom stereocenters. The number of hydrogen-bond donors (Lipinski definition) is 6. The number of aromatic nitrogens is 2. The second kappa shape index (κ2) is 10.9. The predicted molar refractivity (Wildman–Crippen MR) is 182 cm³/mol. The number of nitrogens with one attached hydrogen (secondary N) is 6. The average molecular weight is 591 g/mol. The van der Waals surface area contributed by atoms with Crippen molar-refractivity contribution in [2.24, 2.45) is 9.98 Å². The largest absolute Gasteiger partial charge is 0.457 e. The molecule has 4 aromatic carbocycles. The summed E-state index contributed by atoms with van der Waals surface area (Å²) in [4.78, 5) is 15.7. The van der Waals surface area contributed by atoms with Crippen molar-refractivity contribution < 1.29 is 4.74 Å². The molecule has 0 radical (unpaired) electrons. The first kappa shape index (κ1) is 26.7. The van der Waals surface area contributed by atoms with E-state index in [9.17, 15) is 0 Å². The van der Waals surface area contributed by atoms with Crippen LogP contribution in [0.3, 0.4) is 0 Å². The first-order chi connectivity index (χ1) is 22.1. The van der Waals surface area contributed by atoms with Crippen molar-refractivity contribution in [2.45, 2.75) is 0 Å². The molecule has 2 aliphatic heterocycles. The van der Waals surface area contributed by atoms with E-state index in [-0.39, 0.29) is 0 Å². The maximum absolute atomic E-state index is 8.48. The molecular weight excluding hydrogens is 560 g/mol. The number of ether oxygens (including phenoxy) is 1. The first-order valence-corrected chi connectivity index (χ1v) is 15.0. The van der Waals surface area contributed by atoms with Gasteiger partial charge in [-0.2, -0.15) is 0 Å². The standard InChI is InChI=1S/C36H30N8O/c37-33(35-39-13-14-40-35)25-3-1-23-17-29(43-31(23)19-25)21-5-9-27(10-6-21)45-28-11-7-22(8-12-28)30-18-24-2-4-26(20-32(24)44-30)34(38)36-41-15-16-42-36/h1-12,17-20,37-38,43-44H,13-16H2,(H,39,40)(H,41,42). The van der Waals surface area contributed by atoms with E-state index < -0.39 is 0 Å². The monoisotopic (exact) mass is 590 g/mol. The molecule has 8 rings (SSSR count). The van der Waals surface area contributed by atoms with Gasteiger partial charge in [-0.1, -0.05) is 24.3 Å². The van der Waals surface area contributed by atoms with E-state index >= 15 is 0 Å². The second-order valence-electron chi connectivity index (χ2n) is 11.2. The molecule has 9 heteroatoms. The Kier molecular flexibility index (Phi) is 6.48. The van der Waals surface area contributed by atoms with Gasteiger partial charge in [0.1, 0.15) is 34.6 Å². The van der Waals surface area contributed by atoms with Gasteiger partial charge >= 0.3 is 0 Å². The van der Waals surface area contributed by atoms with Gasteiger partial charge in [0.15, 0.2) is 0 Å². The molecule has 0 saturated carbocycles. The highest BCUT2D eigenvalue weighted by Crippen LogP contribution is 2.31. The number of aromatic amines is 2. The fourth-order valence-electron chi connectivity index (χ4n) is 5.82. The molecule has 0 fully saturated rings. The van der Waals surface area contributed by atoms with Crippen molar-refractivity contribution in [3.05, 3.63) is 108 Å². The van der Waals surface area contributed by atoms with Crippen LogP contribution in [0.1, 0.15) is 11.1 Å². The molecule has 0 spiro atoms. The van der Waals surface area contributed by atoms with Crippen LogP contribution in [-0.2, 0) is 0 Å². The molecular formula is C36H30N8O. The lowest BCUT2D eigenvalue weighted by Gasteiger charge is -2.07. The second-order valence-corrected chi connectivity index (χ2v) is 11.2. The molecule has 6 aromatic rings. The third-order valence-corrected chi connectivity index (χ3v) is 8.21. The van der Waals surface area contributed by atoms with Crippen molar-refractivity contribution in [1.29, 1.82) is 10.8 Å². The van der Waals surface area contributed by atoms with E-state index in [0.29, 0.717) is 36.2 Å². The van der Waals surface area contributed by atoms with Gasteiger partial charge in [0.05, 0.1) is 13.1 Å². The van der Waals surface area contributed by atoms with Gasteiger partial charge in [-0.05, 0) is 83.9 Å². The van der Waals surface area contributed by atoms with Crippen LogP contribution in [-0.4, -0.2) is 59.2 Å². The van der Waals surface area contributed by atoms with Crippen molar-refractivity contribution in [3.63, 3.8) is 0 Å². The Balaban J connectivity index is 0.952. The van der Waals surface area contributed by atoms with Crippen molar-refractivity contribution in [3.8, 4) is 34.0 Å². The molecule has 6 N–H and O–H groups in total. The van der Waals surface area contributed by atoms with Crippen LogP contribution in [0.2, 0.25) is 0 Å². The minimum atomic E-state index is 0.418. The van der Waals surface area contributed by atoms with Crippen LogP contribution in [0.5, 0.6) is 11.5 Å². The Hall–Kier alpha value is -5.96. The quantitative estimate of drug-likeness (QED) is 0.113. The Morgan fingerprint density at radius 1 is 0.556 bits per heavy atom. The summed E-state index contributed by atoms with van der Waals surface area (Å²) >= 11 is 0. The minimum Gasteiger partial charge on any atom is -0.457 e. The molecule has 0 unspecified atom stereocenters. The summed E-state index contributed by atoms with van der Waals surface area (Å²) in [6, 6.07) is 32.4. The number of amidine groups is 2. The molecule has 0 saturated heterocycles. The fraction of sp³-hybridized carbons (Fsp3) is 0.111. The highest BCUT2D eigenvalue weighted by molar-refractivity contribution is 6.47. The number of nitrogens with zero attached hydrogens (tertiary/aromatic N) is 2. The number of rotatable bonds is 8. The molecule has 9 nitrogen and oxygen atoms in total. The zero-order valence-electron chi connectivity index (χ0n) is 24.4. The summed E-state index contributed by atoms with van der Waals surface area (Å²) in [6.07, 6.45) is 0. The molecule has 220 valence electrons. The third kappa shape index (κ3) is 5.14. The molecule has 2 aromatic heterocycles. The van der Waals surface area contributed by atoms with E-state index in [1.165, 1.54) is 0 Å². The average Bonchev–Trinajstić information content (AvgIpc) is 3.90. The summed E-state index contributed by atoms with van der Waals surface area (Å²) < 4.78 is 6.16. The normalized spacial score (nSPS) is 14.2. The molecule has 2 aliphatic rings. The minimum absolute atomic E-state index is 0.418. The predicted octanol–water partition coefficient (Wildman–Crippen LogP) is 6.51. The number of aliphatic imine (C=N–C) groups is 2. The maximum atomic E-state index is 8.48. The summed E-state index contributed by atoms with van der Waals surface area (Å²) in [5.74, 6) is 2.82. The molecule has 45 heavy (non-hydrogen) atoms. The molecule has 0 amide bonds. The Morgan fingerprint density at radius 2 is 1.00 bits per heavy atom. The number of H-pyrrole nitrogens is 2. The van der Waals surface area contributed by atoms with Crippen LogP contribution >= 0.6 is 0 Å². The number of hydrogen-bond acceptors (Lipinski definition) is 7. The lowest BCUT2D eigenvalue weighted by molar-refractivity contribution is 0.483. The van der Waals surface area contributed by atoms with E-state index in [4.69, 9.17) is 15.6 Å². The lowest BCUT2D eigenvalue weighted by Crippen LogP contribution is -2.27. The smallest absolute Gasteiger partial charge is 0.147 e. The summed E-state index contributed by atoms with van der Waals surface area (Å²) in [7, 11) is 0. The van der Waals surface area contributed by atoms with Crippen LogP contribution in [0.4, 0.5) is 0 Å². The molecule has 0 bridgehead atoms. The zero-order chi connectivity index (χ0) is 30.3. The van der Waals surface area contributed by atoms with Crippen molar-refractivity contribution >= 4 is 44.9 Å². The van der Waals surface area contributed by atoms with Gasteiger partial charge in [0, 0.05) is 57.4 Å². The number of benzene rings is 4. The van der Waals surface area contributed by atoms with E-state index in [1.807, 2.05) is 84.9 Å². The van der Waals surface area contributed by atoms with E-state index in [2.05, 4.69) is 42.7 Å². The van der Waals surface area contributed by atoms with E-state index in [0.717, 1.165) is 80.0 Å². The number of fused-ring (bicyclic) bond motifs is 2. The van der Waals surface area contributed by atoms with Crippen molar-refractivity contribution in [2.75, 3.05) is 26.2 Å². The Morgan fingerprint density at radius 3 is 1.40 bits per heavy atom. The van der Waals surface area contributed by atoms with Gasteiger partial charge in [-0.25, -0.2) is 0 Å². The van der Waals surface area contributed by atoms with Crippen molar-refractivity contribution in [1.82, 2.24) is 20.6 Å². The van der Waals surface area contributed by atoms with Gasteiger partial charge in [-0.3, -0.25) is 20.8 Å². The van der Waals surface area contributed by atoms with Crippen LogP contribution in [0.15, 0.2) is 107 Å². The topological polar surface area (TPSA) is 137 Å². The summed E-state index contributed by atoms with van der Waals surface area (Å²) in [5.41, 5.74) is 8.59. The van der Waals surface area contributed by atoms with Gasteiger partial charge < -0.3 is 25.3 Å². The highest BCUT2D eigenvalue weighted by Gasteiger charge is 2.16. The van der Waals surface area contributed by atoms with E-state index in [1.54, 1.807) is 0 Å². The fourth-order valence-corrected chi connectivity index (χ4v) is 5.82. The van der Waals surface area contributed by atoms with Gasteiger partial charge in [-0.15, -0.1) is 0 Å². The highest BCUT2D eigenvalue weighted by atomic mass is 16.5. The Bertz CT molecular complexity index is 2010. The van der Waals surface area contributed by atoms with Gasteiger partial charge in [0.2, 0.25) is 0 Å². The summed E-state index contributed by atoms with van der Waals surface area (Å²) in [5, 5.41) is 25.5. The van der Waals surface area contributed by atoms with Gasteiger partial charge in [0.25, 0.3) is 0 Å². The zero-order valence-corrected chi connectivity index (χ0v) is 24.4. The van der Waals surface area contributed by atoms with Crippen LogP contribution in [0, 0.1) is 10.8 Å². The maximum Gasteiger partial charge on any atom is 0.147 e. The van der Waals surface area contributed by atoms with Crippen LogP contribution in [0.25, 0.3) is 44.3 Å². The van der Waals surface area contributed by atoms with Crippen LogP contribution < -0.4 is 15.4 Å². The SMILES string of the molecule is N=C(C1=NCCN1)c1ccc2cc(-c3ccc(Oc4ccc(-c5cc6ccc(C(=N)C7=NCCN7)cc6[nH]5)cc4)cc3)[nH]c2c1. The molecule has 0 aliphatic carbocycles. The first-order valence-electron chi connectivity index (χ1n) is 15.0. The Labute approximate surface area is 259 Å². The molecule has 4 heterocycles. The summed E-state index contributed by atoms with van der Waals surface area (Å²) in [6.45, 7) is 3.00. The third-order valence-electron chi connectivity index (χ3n) is 8.21. The lowest BCUT2D eigenvalue weighted by atomic mass is 10.1.